The Morgan fingerprint density at radius 3 is 2.63 bits per heavy atom. The lowest BCUT2D eigenvalue weighted by Gasteiger charge is -2.41. The molecule has 2 N–H and O–H groups in total. The van der Waals surface area contributed by atoms with E-state index in [9.17, 15) is 9.59 Å². The van der Waals surface area contributed by atoms with Crippen LogP contribution in [0.15, 0.2) is 18.3 Å². The number of likely N-dealkylation sites (tertiary alicyclic amines) is 1. The van der Waals surface area contributed by atoms with Gasteiger partial charge in [0.25, 0.3) is 0 Å². The normalized spacial score (nSPS) is 20.3. The lowest BCUT2D eigenvalue weighted by Crippen LogP contribution is -2.53. The third-order valence-corrected chi connectivity index (χ3v) is 5.79. The van der Waals surface area contributed by atoms with Crippen LogP contribution in [-0.2, 0) is 14.3 Å². The predicted molar refractivity (Wildman–Crippen MR) is 104 cm³/mol. The zero-order chi connectivity index (χ0) is 19.3. The minimum Gasteiger partial charge on any atom is -0.384 e. The van der Waals surface area contributed by atoms with E-state index in [0.717, 1.165) is 25.9 Å². The van der Waals surface area contributed by atoms with Crippen molar-refractivity contribution in [2.24, 2.45) is 11.3 Å². The average molecular weight is 395 g/mol. The van der Waals surface area contributed by atoms with Crippen LogP contribution in [0.5, 0.6) is 0 Å². The number of hydrogen-bond donors (Lipinski definition) is 2. The van der Waals surface area contributed by atoms with Crippen molar-refractivity contribution in [2.45, 2.75) is 25.7 Å². The average Bonchev–Trinajstić information content (AvgIpc) is 2.70. The highest BCUT2D eigenvalue weighted by Gasteiger charge is 2.43. The maximum atomic E-state index is 13.2. The molecule has 0 unspecified atom stereocenters. The number of carbonyl (C=O) groups excluding carboxylic acids is 2. The molecule has 0 aromatic carbocycles. The molecule has 148 valence electrons. The van der Waals surface area contributed by atoms with Gasteiger partial charge in [-0.25, -0.2) is 4.98 Å². The van der Waals surface area contributed by atoms with Gasteiger partial charge in [0, 0.05) is 32.3 Å². The van der Waals surface area contributed by atoms with E-state index in [1.54, 1.807) is 19.2 Å². The molecule has 0 saturated carbocycles. The van der Waals surface area contributed by atoms with Crippen LogP contribution in [-0.4, -0.2) is 61.6 Å². The molecule has 3 heterocycles. The number of halogens is 1. The quantitative estimate of drug-likeness (QED) is 0.797. The van der Waals surface area contributed by atoms with E-state index >= 15 is 0 Å². The highest BCUT2D eigenvalue weighted by atomic mass is 35.5. The molecule has 1 aromatic heterocycles. The van der Waals surface area contributed by atoms with Crippen LogP contribution in [0, 0.1) is 11.3 Å². The van der Waals surface area contributed by atoms with Crippen LogP contribution in [0.3, 0.4) is 0 Å². The lowest BCUT2D eigenvalue weighted by atomic mass is 9.77. The largest absolute Gasteiger partial charge is 0.384 e. The number of nitrogens with one attached hydrogen (secondary N) is 2. The number of amides is 2. The molecule has 0 radical (unpaired) electrons. The molecule has 0 aliphatic carbocycles. The van der Waals surface area contributed by atoms with Gasteiger partial charge in [-0.05, 0) is 50.9 Å². The van der Waals surface area contributed by atoms with E-state index in [1.807, 2.05) is 4.90 Å². The first-order valence-corrected chi connectivity index (χ1v) is 9.83. The molecule has 0 bridgehead atoms. The Kier molecular flexibility index (Phi) is 6.68. The number of rotatable bonds is 5. The topological polar surface area (TPSA) is 83.6 Å². The molecule has 7 nitrogen and oxygen atoms in total. The van der Waals surface area contributed by atoms with Crippen LogP contribution >= 0.6 is 11.6 Å². The summed E-state index contributed by atoms with van der Waals surface area (Å²) >= 11 is 5.81. The summed E-state index contributed by atoms with van der Waals surface area (Å²) in [6.07, 6.45) is 4.41. The minimum atomic E-state index is -0.428. The lowest BCUT2D eigenvalue weighted by molar-refractivity contribution is -0.149. The fourth-order valence-electron chi connectivity index (χ4n) is 3.96. The molecule has 2 aliphatic heterocycles. The van der Waals surface area contributed by atoms with Gasteiger partial charge in [-0.2, -0.15) is 0 Å². The highest BCUT2D eigenvalue weighted by Crippen LogP contribution is 2.33. The second-order valence-corrected chi connectivity index (χ2v) is 7.82. The molecule has 0 atom stereocenters. The SMILES string of the molecule is COCC1(C(=O)N2CCC(C(=O)Nc3ccc(Cl)cn3)CC2)CCNCC1. The maximum absolute atomic E-state index is 13.2. The van der Waals surface area contributed by atoms with E-state index in [4.69, 9.17) is 16.3 Å². The summed E-state index contributed by atoms with van der Waals surface area (Å²) in [5.41, 5.74) is -0.428. The number of nitrogens with zero attached hydrogens (tertiary/aromatic N) is 2. The van der Waals surface area contributed by atoms with E-state index in [1.165, 1.54) is 6.20 Å². The molecule has 0 spiro atoms. The number of pyridine rings is 1. The van der Waals surface area contributed by atoms with Crippen LogP contribution in [0.1, 0.15) is 25.7 Å². The van der Waals surface area contributed by atoms with Gasteiger partial charge in [-0.1, -0.05) is 11.6 Å². The summed E-state index contributed by atoms with van der Waals surface area (Å²) < 4.78 is 5.38. The molecule has 27 heavy (non-hydrogen) atoms. The highest BCUT2D eigenvalue weighted by molar-refractivity contribution is 6.30. The monoisotopic (exact) mass is 394 g/mol. The van der Waals surface area contributed by atoms with Crippen LogP contribution in [0.2, 0.25) is 5.02 Å². The van der Waals surface area contributed by atoms with Crippen LogP contribution in [0.25, 0.3) is 0 Å². The smallest absolute Gasteiger partial charge is 0.231 e. The summed E-state index contributed by atoms with van der Waals surface area (Å²) in [4.78, 5) is 31.7. The molecule has 8 heteroatoms. The number of anilines is 1. The number of aromatic nitrogens is 1. The van der Waals surface area contributed by atoms with Gasteiger partial charge in [-0.15, -0.1) is 0 Å². The summed E-state index contributed by atoms with van der Waals surface area (Å²) in [6.45, 7) is 3.33. The third kappa shape index (κ3) is 4.78. The Morgan fingerprint density at radius 2 is 2.04 bits per heavy atom. The first kappa shape index (κ1) is 20.0. The van der Waals surface area contributed by atoms with Gasteiger partial charge in [0.1, 0.15) is 5.82 Å². The number of piperidine rings is 2. The Bertz CT molecular complexity index is 648. The van der Waals surface area contributed by atoms with E-state index in [2.05, 4.69) is 15.6 Å². The second kappa shape index (κ2) is 8.99. The molecular formula is C19H27ClN4O3. The fraction of sp³-hybridized carbons (Fsp3) is 0.632. The zero-order valence-electron chi connectivity index (χ0n) is 15.7. The van der Waals surface area contributed by atoms with Crippen molar-refractivity contribution >= 4 is 29.2 Å². The number of methoxy groups -OCH3 is 1. The zero-order valence-corrected chi connectivity index (χ0v) is 16.4. The first-order chi connectivity index (χ1) is 13.0. The van der Waals surface area contributed by atoms with Crippen molar-refractivity contribution in [1.82, 2.24) is 15.2 Å². The maximum Gasteiger partial charge on any atom is 0.231 e. The molecule has 2 fully saturated rings. The molecule has 2 aliphatic rings. The van der Waals surface area contributed by atoms with Gasteiger partial charge in [0.2, 0.25) is 11.8 Å². The Morgan fingerprint density at radius 1 is 1.33 bits per heavy atom. The Labute approximate surface area is 164 Å². The first-order valence-electron chi connectivity index (χ1n) is 9.45. The van der Waals surface area contributed by atoms with Crippen LogP contribution < -0.4 is 10.6 Å². The predicted octanol–water partition coefficient (Wildman–Crippen LogP) is 1.93. The van der Waals surface area contributed by atoms with Gasteiger partial charge in [0.05, 0.1) is 17.0 Å². The van der Waals surface area contributed by atoms with Crippen molar-refractivity contribution < 1.29 is 14.3 Å². The van der Waals surface area contributed by atoms with Crippen LogP contribution in [0.4, 0.5) is 5.82 Å². The van der Waals surface area contributed by atoms with Crippen molar-refractivity contribution in [3.8, 4) is 0 Å². The minimum absolute atomic E-state index is 0.0506. The van der Waals surface area contributed by atoms with Gasteiger partial charge in [-0.3, -0.25) is 9.59 Å². The summed E-state index contributed by atoms with van der Waals surface area (Å²) in [5, 5.41) is 6.67. The van der Waals surface area contributed by atoms with Gasteiger partial charge in [0.15, 0.2) is 0 Å². The number of carbonyl (C=O) groups is 2. The van der Waals surface area contributed by atoms with E-state index in [-0.39, 0.29) is 17.7 Å². The van der Waals surface area contributed by atoms with Gasteiger partial charge < -0.3 is 20.3 Å². The van der Waals surface area contributed by atoms with Crippen molar-refractivity contribution in [1.29, 1.82) is 0 Å². The fourth-order valence-corrected chi connectivity index (χ4v) is 4.07. The van der Waals surface area contributed by atoms with E-state index < -0.39 is 5.41 Å². The molecular weight excluding hydrogens is 368 g/mol. The molecule has 1 aromatic rings. The summed E-state index contributed by atoms with van der Waals surface area (Å²) in [7, 11) is 1.65. The van der Waals surface area contributed by atoms with Crippen molar-refractivity contribution in [3.63, 3.8) is 0 Å². The number of hydrogen-bond acceptors (Lipinski definition) is 5. The second-order valence-electron chi connectivity index (χ2n) is 7.38. The molecule has 2 amide bonds. The third-order valence-electron chi connectivity index (χ3n) is 5.57. The Balaban J connectivity index is 1.55. The number of ether oxygens (including phenoxy) is 1. The summed E-state index contributed by atoms with van der Waals surface area (Å²) in [5.74, 6) is 0.504. The standard InChI is InChI=1S/C19H27ClN4O3/c1-27-13-19(6-8-21-9-7-19)18(26)24-10-4-14(5-11-24)17(25)23-16-3-2-15(20)12-22-16/h2-3,12,14,21H,4-11,13H2,1H3,(H,22,23,25). The summed E-state index contributed by atoms with van der Waals surface area (Å²) in [6, 6.07) is 3.38. The Hall–Kier alpha value is -1.70. The molecule has 2 saturated heterocycles. The van der Waals surface area contributed by atoms with Crippen molar-refractivity contribution in [3.05, 3.63) is 23.4 Å². The van der Waals surface area contributed by atoms with Crippen molar-refractivity contribution in [2.75, 3.05) is 45.2 Å². The molecule has 3 rings (SSSR count). The van der Waals surface area contributed by atoms with Gasteiger partial charge >= 0.3 is 0 Å². The van der Waals surface area contributed by atoms with E-state index in [0.29, 0.717) is 43.4 Å².